The maximum atomic E-state index is 12.9. The predicted molar refractivity (Wildman–Crippen MR) is 93.1 cm³/mol. The van der Waals surface area contributed by atoms with Gasteiger partial charge in [0.1, 0.15) is 5.69 Å². The van der Waals surface area contributed by atoms with Gasteiger partial charge in [-0.15, -0.1) is 0 Å². The summed E-state index contributed by atoms with van der Waals surface area (Å²) in [5, 5.41) is 24.1. The van der Waals surface area contributed by atoms with Crippen LogP contribution in [0.2, 0.25) is 0 Å². The predicted octanol–water partition coefficient (Wildman–Crippen LogP) is 2.50. The molecule has 1 amide bonds. The lowest BCUT2D eigenvalue weighted by Gasteiger charge is -2.23. The van der Waals surface area contributed by atoms with Gasteiger partial charge in [0.05, 0.1) is 10.3 Å². The summed E-state index contributed by atoms with van der Waals surface area (Å²) in [6.45, 7) is 0.586. The van der Waals surface area contributed by atoms with Gasteiger partial charge in [-0.1, -0.05) is 6.42 Å². The lowest BCUT2D eigenvalue weighted by atomic mass is 9.81. The number of nitrogens with zero attached hydrogens (tertiary/aromatic N) is 2. The van der Waals surface area contributed by atoms with E-state index in [0.717, 1.165) is 25.7 Å². The number of nitrogens with one attached hydrogen (secondary N) is 1. The molecule has 0 bridgehead atoms. The third kappa shape index (κ3) is 2.69. The first-order valence-electron chi connectivity index (χ1n) is 8.98. The Labute approximate surface area is 150 Å². The molecule has 8 nitrogen and oxygen atoms in total. The van der Waals surface area contributed by atoms with Gasteiger partial charge in [0, 0.05) is 30.8 Å². The normalized spacial score (nSPS) is 27.2. The molecule has 0 unspecified atom stereocenters. The molecule has 1 heterocycles. The van der Waals surface area contributed by atoms with Gasteiger partial charge < -0.3 is 15.3 Å². The topological polar surface area (TPSA) is 113 Å². The highest BCUT2D eigenvalue weighted by Gasteiger charge is 2.55. The van der Waals surface area contributed by atoms with E-state index in [1.165, 1.54) is 6.07 Å². The van der Waals surface area contributed by atoms with Crippen LogP contribution in [0, 0.1) is 21.4 Å². The minimum atomic E-state index is -0.852. The largest absolute Gasteiger partial charge is 0.481 e. The van der Waals surface area contributed by atoms with Crippen LogP contribution in [0.5, 0.6) is 0 Å². The van der Waals surface area contributed by atoms with E-state index in [0.29, 0.717) is 18.7 Å². The lowest BCUT2D eigenvalue weighted by molar-refractivity contribution is -0.384. The number of nitro groups is 1. The van der Waals surface area contributed by atoms with Crippen molar-refractivity contribution in [3.63, 3.8) is 0 Å². The van der Waals surface area contributed by atoms with Gasteiger partial charge in [-0.25, -0.2) is 0 Å². The number of amides is 1. The average Bonchev–Trinajstić information content (AvgIpc) is 3.18. The van der Waals surface area contributed by atoms with E-state index in [-0.39, 0.29) is 35.7 Å². The van der Waals surface area contributed by atoms with Crippen LogP contribution in [0.1, 0.15) is 42.5 Å². The molecule has 1 aromatic rings. The molecule has 8 heteroatoms. The molecule has 2 aliphatic carbocycles. The standard InChI is InChI=1S/C18H21N3O5/c22-16(20-9-12-2-1-7-18(12,10-20)17(23)24)11-3-6-14(19-13-4-5-13)15(8-11)21(25)26/h3,6,8,12-13,19H,1-2,4-5,7,9-10H2,(H,23,24)/t12-,18+/m0/s1. The quantitative estimate of drug-likeness (QED) is 0.617. The Balaban J connectivity index is 1.58. The number of aliphatic carboxylic acids is 1. The number of rotatable bonds is 5. The Morgan fingerprint density at radius 1 is 1.31 bits per heavy atom. The second-order valence-electron chi connectivity index (χ2n) is 7.64. The van der Waals surface area contributed by atoms with Crippen molar-refractivity contribution in [3.8, 4) is 0 Å². The number of carbonyl (C=O) groups is 2. The van der Waals surface area contributed by atoms with Crippen LogP contribution in [0.4, 0.5) is 11.4 Å². The molecule has 0 radical (unpaired) electrons. The molecule has 0 aromatic heterocycles. The van der Waals surface area contributed by atoms with Gasteiger partial charge in [0.25, 0.3) is 11.6 Å². The van der Waals surface area contributed by atoms with Crippen molar-refractivity contribution in [2.24, 2.45) is 11.3 Å². The fourth-order valence-corrected chi connectivity index (χ4v) is 4.36. The number of carboxylic acid groups (broad SMARTS) is 1. The highest BCUT2D eigenvalue weighted by molar-refractivity contribution is 5.96. The summed E-state index contributed by atoms with van der Waals surface area (Å²) >= 11 is 0. The molecule has 3 aliphatic rings. The van der Waals surface area contributed by atoms with Crippen LogP contribution in [-0.2, 0) is 4.79 Å². The van der Waals surface area contributed by atoms with E-state index in [1.54, 1.807) is 17.0 Å². The second kappa shape index (κ2) is 5.96. The number of carbonyl (C=O) groups excluding carboxylic acids is 1. The van der Waals surface area contributed by atoms with Gasteiger partial charge in [-0.3, -0.25) is 19.7 Å². The fourth-order valence-electron chi connectivity index (χ4n) is 4.36. The van der Waals surface area contributed by atoms with E-state index in [1.807, 2.05) is 0 Å². The molecule has 2 saturated carbocycles. The molecule has 3 fully saturated rings. The molecule has 1 aliphatic heterocycles. The minimum Gasteiger partial charge on any atom is -0.481 e. The first-order valence-corrected chi connectivity index (χ1v) is 8.98. The summed E-state index contributed by atoms with van der Waals surface area (Å²) in [4.78, 5) is 37.1. The van der Waals surface area contributed by atoms with Crippen LogP contribution >= 0.6 is 0 Å². The van der Waals surface area contributed by atoms with Crippen LogP contribution < -0.4 is 5.32 Å². The lowest BCUT2D eigenvalue weighted by Crippen LogP contribution is -2.37. The van der Waals surface area contributed by atoms with Crippen molar-refractivity contribution in [1.82, 2.24) is 4.90 Å². The summed E-state index contributed by atoms with van der Waals surface area (Å²) in [5.74, 6) is -1.21. The first-order chi connectivity index (χ1) is 12.4. The van der Waals surface area contributed by atoms with Crippen LogP contribution in [0.3, 0.4) is 0 Å². The first kappa shape index (κ1) is 16.8. The smallest absolute Gasteiger partial charge is 0.311 e. The van der Waals surface area contributed by atoms with E-state index in [9.17, 15) is 24.8 Å². The summed E-state index contributed by atoms with van der Waals surface area (Å²) in [5.41, 5.74) is -0.308. The van der Waals surface area contributed by atoms with Gasteiger partial charge >= 0.3 is 5.97 Å². The highest BCUT2D eigenvalue weighted by Crippen LogP contribution is 2.49. The third-order valence-electron chi connectivity index (χ3n) is 5.96. The zero-order chi connectivity index (χ0) is 18.5. The van der Waals surface area contributed by atoms with Crippen molar-refractivity contribution in [3.05, 3.63) is 33.9 Å². The van der Waals surface area contributed by atoms with Gasteiger partial charge in [0.15, 0.2) is 0 Å². The number of nitro benzene ring substituents is 1. The van der Waals surface area contributed by atoms with Crippen molar-refractivity contribution < 1.29 is 19.6 Å². The Hall–Kier alpha value is -2.64. The van der Waals surface area contributed by atoms with E-state index in [2.05, 4.69) is 5.32 Å². The summed E-state index contributed by atoms with van der Waals surface area (Å²) in [6.07, 6.45) is 4.24. The fraction of sp³-hybridized carbons (Fsp3) is 0.556. The minimum absolute atomic E-state index is 0.0326. The summed E-state index contributed by atoms with van der Waals surface area (Å²) < 4.78 is 0. The average molecular weight is 359 g/mol. The third-order valence-corrected chi connectivity index (χ3v) is 5.96. The van der Waals surface area contributed by atoms with E-state index >= 15 is 0 Å². The molecule has 2 atom stereocenters. The Morgan fingerprint density at radius 2 is 2.08 bits per heavy atom. The molecule has 0 spiro atoms. The molecule has 138 valence electrons. The van der Waals surface area contributed by atoms with E-state index < -0.39 is 16.3 Å². The highest BCUT2D eigenvalue weighted by atomic mass is 16.6. The second-order valence-corrected chi connectivity index (χ2v) is 7.64. The van der Waals surface area contributed by atoms with Gasteiger partial charge in [-0.05, 0) is 43.7 Å². The monoisotopic (exact) mass is 359 g/mol. The SMILES string of the molecule is O=C(c1ccc(NC2CC2)c([N+](=O)[O-])c1)N1C[C@@H]2CCC[C@@]2(C(=O)O)C1. The van der Waals surface area contributed by atoms with Crippen molar-refractivity contribution in [2.45, 2.75) is 38.1 Å². The van der Waals surface area contributed by atoms with Crippen LogP contribution in [0.15, 0.2) is 18.2 Å². The Bertz CT molecular complexity index is 791. The Morgan fingerprint density at radius 3 is 2.69 bits per heavy atom. The van der Waals surface area contributed by atoms with Crippen molar-refractivity contribution in [2.75, 3.05) is 18.4 Å². The maximum Gasteiger partial charge on any atom is 0.311 e. The molecule has 26 heavy (non-hydrogen) atoms. The summed E-state index contributed by atoms with van der Waals surface area (Å²) in [7, 11) is 0. The number of fused-ring (bicyclic) bond motifs is 1. The molecule has 2 N–H and O–H groups in total. The molecular weight excluding hydrogens is 338 g/mol. The zero-order valence-corrected chi connectivity index (χ0v) is 14.3. The van der Waals surface area contributed by atoms with Gasteiger partial charge in [0.2, 0.25) is 0 Å². The number of likely N-dealkylation sites (tertiary alicyclic amines) is 1. The Kier molecular flexibility index (Phi) is 3.86. The van der Waals surface area contributed by atoms with Crippen LogP contribution in [-0.4, -0.2) is 45.9 Å². The number of benzene rings is 1. The molecular formula is C18H21N3O5. The van der Waals surface area contributed by atoms with E-state index in [4.69, 9.17) is 0 Å². The zero-order valence-electron chi connectivity index (χ0n) is 14.3. The number of anilines is 1. The summed E-state index contributed by atoms with van der Waals surface area (Å²) in [6, 6.07) is 4.73. The number of hydrogen-bond donors (Lipinski definition) is 2. The van der Waals surface area contributed by atoms with Crippen LogP contribution in [0.25, 0.3) is 0 Å². The van der Waals surface area contributed by atoms with Crippen molar-refractivity contribution >= 4 is 23.3 Å². The number of carboxylic acids is 1. The molecule has 1 saturated heterocycles. The molecule has 1 aromatic carbocycles. The maximum absolute atomic E-state index is 12.9. The molecule has 4 rings (SSSR count). The van der Waals surface area contributed by atoms with Gasteiger partial charge in [-0.2, -0.15) is 0 Å². The number of hydrogen-bond acceptors (Lipinski definition) is 5. The van der Waals surface area contributed by atoms with Crippen molar-refractivity contribution in [1.29, 1.82) is 0 Å².